The van der Waals surface area contributed by atoms with Gasteiger partial charge in [0.15, 0.2) is 0 Å². The summed E-state index contributed by atoms with van der Waals surface area (Å²) in [4.78, 5) is 12.8. The molecule has 0 bridgehead atoms. The van der Waals surface area contributed by atoms with Crippen LogP contribution < -0.4 is 9.75 Å². The molecule has 0 saturated heterocycles. The maximum Gasteiger partial charge on any atom is 0.280 e. The summed E-state index contributed by atoms with van der Waals surface area (Å²) in [5.74, 6) is 0.515. The monoisotopic (exact) mass is 448 g/mol. The summed E-state index contributed by atoms with van der Waals surface area (Å²) >= 11 is 6.94. The first-order chi connectivity index (χ1) is 11.5. The molecule has 0 radical (unpaired) electrons. The Bertz CT molecular complexity index is 861. The van der Waals surface area contributed by atoms with Gasteiger partial charge in [0.25, 0.3) is 5.91 Å². The van der Waals surface area contributed by atoms with Crippen molar-refractivity contribution in [1.82, 2.24) is 0 Å². The van der Waals surface area contributed by atoms with Crippen molar-refractivity contribution in [1.29, 1.82) is 0 Å². The molecule has 122 valence electrons. The Morgan fingerprint density at radius 2 is 1.88 bits per heavy atom. The van der Waals surface area contributed by atoms with E-state index in [4.69, 9.17) is 4.74 Å². The van der Waals surface area contributed by atoms with Gasteiger partial charge in [-0.3, -0.25) is 4.79 Å². The summed E-state index contributed by atoms with van der Waals surface area (Å²) < 4.78 is 7.15. The van der Waals surface area contributed by atoms with E-state index in [-0.39, 0.29) is 5.91 Å². The van der Waals surface area contributed by atoms with Crippen molar-refractivity contribution >= 4 is 55.2 Å². The minimum atomic E-state index is -0.156. The topological polar surface area (TPSA) is 41.9 Å². The predicted octanol–water partition coefficient (Wildman–Crippen LogP) is 5.03. The molecule has 0 N–H and O–H groups in total. The van der Waals surface area contributed by atoms with Gasteiger partial charge in [-0.05, 0) is 53.2 Å². The summed E-state index contributed by atoms with van der Waals surface area (Å²) in [6, 6.07) is 13.2. The molecule has 0 fully saturated rings. The standard InChI is InChI=1S/C18H14Br2N2O2/c1-11-15(9-12-8-13(19)10-16(20)17(12)24-2)18(23)22(21-11)14-6-4-3-5-7-14/h3-10H,1-2H3/b15-9+. The van der Waals surface area contributed by atoms with Gasteiger partial charge in [-0.25, -0.2) is 0 Å². The van der Waals surface area contributed by atoms with E-state index >= 15 is 0 Å². The highest BCUT2D eigenvalue weighted by molar-refractivity contribution is 9.11. The lowest BCUT2D eigenvalue weighted by Gasteiger charge is -2.12. The average molecular weight is 450 g/mol. The molecule has 0 spiro atoms. The average Bonchev–Trinajstić information content (AvgIpc) is 2.83. The quantitative estimate of drug-likeness (QED) is 0.617. The van der Waals surface area contributed by atoms with E-state index in [1.807, 2.05) is 49.4 Å². The number of halogens is 2. The van der Waals surface area contributed by atoms with Gasteiger partial charge in [0.2, 0.25) is 0 Å². The third kappa shape index (κ3) is 3.16. The smallest absolute Gasteiger partial charge is 0.280 e. The molecule has 1 amide bonds. The third-order valence-corrected chi connectivity index (χ3v) is 4.65. The second-order valence-corrected chi connectivity index (χ2v) is 6.98. The number of methoxy groups -OCH3 is 1. The Hall–Kier alpha value is -1.92. The second kappa shape index (κ2) is 6.91. The minimum absolute atomic E-state index is 0.156. The van der Waals surface area contributed by atoms with Gasteiger partial charge < -0.3 is 4.74 Å². The van der Waals surface area contributed by atoms with Crippen molar-refractivity contribution < 1.29 is 9.53 Å². The largest absolute Gasteiger partial charge is 0.495 e. The number of carbonyl (C=O) groups excluding carboxylic acids is 1. The Balaban J connectivity index is 2.04. The van der Waals surface area contributed by atoms with Crippen LogP contribution in [0.2, 0.25) is 0 Å². The van der Waals surface area contributed by atoms with Crippen molar-refractivity contribution in [2.75, 3.05) is 12.1 Å². The maximum absolute atomic E-state index is 12.8. The summed E-state index contributed by atoms with van der Waals surface area (Å²) in [6.07, 6.45) is 1.80. The van der Waals surface area contributed by atoms with E-state index in [1.54, 1.807) is 13.2 Å². The molecule has 24 heavy (non-hydrogen) atoms. The molecule has 1 aliphatic rings. The highest BCUT2D eigenvalue weighted by atomic mass is 79.9. The summed E-state index contributed by atoms with van der Waals surface area (Å²) in [6.45, 7) is 1.83. The highest BCUT2D eigenvalue weighted by Gasteiger charge is 2.29. The SMILES string of the molecule is COc1c(Br)cc(Br)cc1/C=C1/C(=O)N(c2ccccc2)N=C1C. The van der Waals surface area contributed by atoms with E-state index in [2.05, 4.69) is 37.0 Å². The van der Waals surface area contributed by atoms with Gasteiger partial charge in [0, 0.05) is 10.0 Å². The third-order valence-electron chi connectivity index (χ3n) is 3.60. The van der Waals surface area contributed by atoms with E-state index in [0.717, 1.165) is 20.2 Å². The molecule has 0 saturated carbocycles. The summed E-state index contributed by atoms with van der Waals surface area (Å²) in [7, 11) is 1.60. The molecule has 1 heterocycles. The number of nitrogens with zero attached hydrogens (tertiary/aromatic N) is 2. The van der Waals surface area contributed by atoms with Gasteiger partial charge in [0.1, 0.15) is 5.75 Å². The van der Waals surface area contributed by atoms with Crippen LogP contribution in [0.25, 0.3) is 6.08 Å². The molecule has 3 rings (SSSR count). The Kier molecular flexibility index (Phi) is 4.87. The van der Waals surface area contributed by atoms with Crippen molar-refractivity contribution in [3.05, 3.63) is 62.5 Å². The highest BCUT2D eigenvalue weighted by Crippen LogP contribution is 2.35. The number of hydrazone groups is 1. The lowest BCUT2D eigenvalue weighted by molar-refractivity contribution is -0.114. The van der Waals surface area contributed by atoms with Crippen molar-refractivity contribution in [3.8, 4) is 5.75 Å². The lowest BCUT2D eigenvalue weighted by Crippen LogP contribution is -2.21. The van der Waals surface area contributed by atoms with Crippen LogP contribution in [0.15, 0.2) is 62.1 Å². The molecule has 1 aliphatic heterocycles. The molecule has 0 unspecified atom stereocenters. The molecule has 0 aromatic heterocycles. The molecule has 2 aromatic carbocycles. The number of anilines is 1. The van der Waals surface area contributed by atoms with Crippen LogP contribution >= 0.6 is 31.9 Å². The summed E-state index contributed by atoms with van der Waals surface area (Å²) in [5, 5.41) is 5.80. The van der Waals surface area contributed by atoms with Gasteiger partial charge in [-0.1, -0.05) is 34.1 Å². The maximum atomic E-state index is 12.8. The van der Waals surface area contributed by atoms with E-state index in [1.165, 1.54) is 5.01 Å². The fourth-order valence-corrected chi connectivity index (χ4v) is 3.91. The fourth-order valence-electron chi connectivity index (χ4n) is 2.49. The van der Waals surface area contributed by atoms with Crippen LogP contribution in [-0.2, 0) is 4.79 Å². The van der Waals surface area contributed by atoms with Crippen LogP contribution in [0, 0.1) is 0 Å². The molecule has 4 nitrogen and oxygen atoms in total. The number of ether oxygens (including phenoxy) is 1. The molecule has 0 aliphatic carbocycles. The van der Waals surface area contributed by atoms with Gasteiger partial charge in [-0.2, -0.15) is 10.1 Å². The van der Waals surface area contributed by atoms with Crippen LogP contribution in [0.5, 0.6) is 5.75 Å². The molecular formula is C18H14Br2N2O2. The number of hydrogen-bond donors (Lipinski definition) is 0. The van der Waals surface area contributed by atoms with E-state index in [9.17, 15) is 4.79 Å². The van der Waals surface area contributed by atoms with Gasteiger partial charge >= 0.3 is 0 Å². The number of amides is 1. The number of para-hydroxylation sites is 1. The van der Waals surface area contributed by atoms with Crippen LogP contribution in [0.4, 0.5) is 5.69 Å². The Morgan fingerprint density at radius 3 is 2.54 bits per heavy atom. The van der Waals surface area contributed by atoms with Gasteiger partial charge in [0.05, 0.1) is 28.6 Å². The van der Waals surface area contributed by atoms with Crippen LogP contribution in [-0.4, -0.2) is 18.7 Å². The van der Waals surface area contributed by atoms with Gasteiger partial charge in [-0.15, -0.1) is 0 Å². The number of benzene rings is 2. The van der Waals surface area contributed by atoms with Crippen molar-refractivity contribution in [2.45, 2.75) is 6.92 Å². The van der Waals surface area contributed by atoms with Crippen LogP contribution in [0.3, 0.4) is 0 Å². The molecule has 2 aromatic rings. The normalized spacial score (nSPS) is 15.8. The predicted molar refractivity (Wildman–Crippen MR) is 103 cm³/mol. The minimum Gasteiger partial charge on any atom is -0.495 e. The molecule has 0 atom stereocenters. The molecule has 6 heteroatoms. The van der Waals surface area contributed by atoms with Crippen molar-refractivity contribution in [2.24, 2.45) is 5.10 Å². The first-order valence-corrected chi connectivity index (χ1v) is 8.79. The van der Waals surface area contributed by atoms with E-state index in [0.29, 0.717) is 17.0 Å². The molecular weight excluding hydrogens is 436 g/mol. The first-order valence-electron chi connectivity index (χ1n) is 7.21. The fraction of sp³-hybridized carbons (Fsp3) is 0.111. The lowest BCUT2D eigenvalue weighted by atomic mass is 10.1. The number of rotatable bonds is 3. The Labute approximate surface area is 157 Å². The number of hydrogen-bond acceptors (Lipinski definition) is 3. The van der Waals surface area contributed by atoms with Crippen molar-refractivity contribution in [3.63, 3.8) is 0 Å². The van der Waals surface area contributed by atoms with E-state index < -0.39 is 0 Å². The first kappa shape index (κ1) is 16.9. The zero-order chi connectivity index (χ0) is 17.3. The Morgan fingerprint density at radius 1 is 1.17 bits per heavy atom. The number of carbonyl (C=O) groups is 1. The van der Waals surface area contributed by atoms with Crippen LogP contribution in [0.1, 0.15) is 12.5 Å². The zero-order valence-corrected chi connectivity index (χ0v) is 16.3. The zero-order valence-electron chi connectivity index (χ0n) is 13.1. The summed E-state index contributed by atoms with van der Waals surface area (Å²) in [5.41, 5.74) is 2.75. The second-order valence-electron chi connectivity index (χ2n) is 5.21.